The predicted molar refractivity (Wildman–Crippen MR) is 93.4 cm³/mol. The highest BCUT2D eigenvalue weighted by molar-refractivity contribution is 6.03. The molecule has 2 rings (SSSR count). The predicted octanol–water partition coefficient (Wildman–Crippen LogP) is 2.08. The fourth-order valence-electron chi connectivity index (χ4n) is 2.14. The van der Waals surface area contributed by atoms with E-state index in [9.17, 15) is 9.59 Å². The summed E-state index contributed by atoms with van der Waals surface area (Å²) in [5.74, 6) is -0.401. The van der Waals surface area contributed by atoms with Crippen LogP contribution in [-0.2, 0) is 11.3 Å². The van der Waals surface area contributed by atoms with Crippen LogP contribution in [0.1, 0.15) is 35.7 Å². The largest absolute Gasteiger partial charge is 0.348 e. The summed E-state index contributed by atoms with van der Waals surface area (Å²) in [6.45, 7) is 2.23. The molecule has 0 saturated heterocycles. The van der Waals surface area contributed by atoms with Crippen LogP contribution in [0.2, 0.25) is 0 Å². The van der Waals surface area contributed by atoms with Gasteiger partial charge >= 0.3 is 0 Å². The minimum absolute atomic E-state index is 0.0335. The van der Waals surface area contributed by atoms with E-state index in [4.69, 9.17) is 5.73 Å². The van der Waals surface area contributed by atoms with E-state index in [1.807, 2.05) is 19.1 Å². The van der Waals surface area contributed by atoms with Gasteiger partial charge in [0.05, 0.1) is 11.3 Å². The molecule has 2 aromatic rings. The van der Waals surface area contributed by atoms with Gasteiger partial charge in [-0.15, -0.1) is 0 Å². The molecule has 6 nitrogen and oxygen atoms in total. The van der Waals surface area contributed by atoms with Crippen molar-refractivity contribution >= 4 is 17.5 Å². The van der Waals surface area contributed by atoms with Crippen LogP contribution in [-0.4, -0.2) is 22.8 Å². The second-order valence-corrected chi connectivity index (χ2v) is 5.65. The molecule has 0 aliphatic carbocycles. The zero-order valence-corrected chi connectivity index (χ0v) is 13.7. The van der Waals surface area contributed by atoms with Gasteiger partial charge in [-0.3, -0.25) is 14.6 Å². The van der Waals surface area contributed by atoms with Crippen LogP contribution in [0.25, 0.3) is 0 Å². The summed E-state index contributed by atoms with van der Waals surface area (Å²) < 4.78 is 0. The number of aromatic nitrogens is 1. The summed E-state index contributed by atoms with van der Waals surface area (Å²) in [6, 6.07) is 10.6. The molecule has 0 aliphatic heterocycles. The summed E-state index contributed by atoms with van der Waals surface area (Å²) in [6.07, 6.45) is 4.30. The molecule has 1 unspecified atom stereocenters. The Balaban J connectivity index is 1.99. The van der Waals surface area contributed by atoms with Crippen LogP contribution in [0.5, 0.6) is 0 Å². The summed E-state index contributed by atoms with van der Waals surface area (Å²) in [4.78, 5) is 28.4. The maximum atomic E-state index is 12.4. The molecule has 126 valence electrons. The van der Waals surface area contributed by atoms with E-state index in [1.165, 1.54) is 0 Å². The lowest BCUT2D eigenvalue weighted by Crippen LogP contribution is -2.25. The first-order chi connectivity index (χ1) is 11.6. The number of hydrogen-bond donors (Lipinski definition) is 3. The van der Waals surface area contributed by atoms with Crippen molar-refractivity contribution in [2.75, 3.05) is 5.32 Å². The molecule has 1 atom stereocenters. The van der Waals surface area contributed by atoms with E-state index >= 15 is 0 Å². The molecule has 0 spiro atoms. The molecule has 0 fully saturated rings. The van der Waals surface area contributed by atoms with Crippen molar-refractivity contribution in [1.29, 1.82) is 0 Å². The van der Waals surface area contributed by atoms with Crippen molar-refractivity contribution in [2.24, 2.45) is 5.73 Å². The minimum atomic E-state index is -0.248. The Bertz CT molecular complexity index is 686. The van der Waals surface area contributed by atoms with E-state index in [-0.39, 0.29) is 17.9 Å². The Morgan fingerprint density at radius 1 is 1.21 bits per heavy atom. The van der Waals surface area contributed by atoms with Crippen LogP contribution in [0.4, 0.5) is 5.69 Å². The van der Waals surface area contributed by atoms with Crippen LogP contribution >= 0.6 is 0 Å². The highest BCUT2D eigenvalue weighted by atomic mass is 16.2. The van der Waals surface area contributed by atoms with Crippen LogP contribution in [0.3, 0.4) is 0 Å². The Morgan fingerprint density at radius 2 is 2.00 bits per heavy atom. The smallest absolute Gasteiger partial charge is 0.253 e. The normalized spacial score (nSPS) is 11.6. The fraction of sp³-hybridized carbons (Fsp3) is 0.278. The number of nitrogens with zero attached hydrogens (tertiary/aromatic N) is 1. The maximum absolute atomic E-state index is 12.4. The quantitative estimate of drug-likeness (QED) is 0.725. The zero-order valence-electron chi connectivity index (χ0n) is 13.7. The molecular weight excluding hydrogens is 304 g/mol. The molecule has 0 bridgehead atoms. The lowest BCUT2D eigenvalue weighted by atomic mass is 10.1. The molecule has 0 saturated carbocycles. The topological polar surface area (TPSA) is 97.1 Å². The molecule has 24 heavy (non-hydrogen) atoms. The number of benzene rings is 1. The first kappa shape index (κ1) is 17.6. The van der Waals surface area contributed by atoms with Crippen molar-refractivity contribution in [1.82, 2.24) is 10.3 Å². The summed E-state index contributed by atoms with van der Waals surface area (Å²) >= 11 is 0. The first-order valence-corrected chi connectivity index (χ1v) is 7.88. The number of carbonyl (C=O) groups excluding carboxylic acids is 2. The van der Waals surface area contributed by atoms with Gasteiger partial charge in [0.15, 0.2) is 0 Å². The third-order valence-corrected chi connectivity index (χ3v) is 3.45. The molecular formula is C18H22N4O2. The number of rotatable bonds is 7. The van der Waals surface area contributed by atoms with E-state index in [2.05, 4.69) is 15.6 Å². The van der Waals surface area contributed by atoms with E-state index in [1.54, 1.807) is 36.7 Å². The van der Waals surface area contributed by atoms with E-state index in [0.717, 1.165) is 5.56 Å². The highest BCUT2D eigenvalue weighted by Gasteiger charge is 2.13. The van der Waals surface area contributed by atoms with Gasteiger partial charge in [0.1, 0.15) is 0 Å². The van der Waals surface area contributed by atoms with Crippen molar-refractivity contribution in [3.63, 3.8) is 0 Å². The molecule has 1 heterocycles. The third-order valence-electron chi connectivity index (χ3n) is 3.45. The average molecular weight is 326 g/mol. The Labute approximate surface area is 141 Å². The summed E-state index contributed by atoms with van der Waals surface area (Å²) in [5.41, 5.74) is 7.49. The van der Waals surface area contributed by atoms with Gasteiger partial charge in [0.2, 0.25) is 5.91 Å². The number of carbonyl (C=O) groups is 2. The van der Waals surface area contributed by atoms with Crippen molar-refractivity contribution in [3.05, 3.63) is 59.9 Å². The Hall–Kier alpha value is -2.73. The number of amides is 2. The fourth-order valence-corrected chi connectivity index (χ4v) is 2.14. The molecule has 6 heteroatoms. The van der Waals surface area contributed by atoms with Gasteiger partial charge in [-0.05, 0) is 37.1 Å². The summed E-state index contributed by atoms with van der Waals surface area (Å²) in [5, 5.41) is 5.61. The van der Waals surface area contributed by atoms with Crippen LogP contribution < -0.4 is 16.4 Å². The SMILES string of the molecule is CC(N)CCC(=O)Nc1ccccc1C(=O)NCc1cccnc1. The summed E-state index contributed by atoms with van der Waals surface area (Å²) in [7, 11) is 0. The van der Waals surface area contributed by atoms with Crippen molar-refractivity contribution in [2.45, 2.75) is 32.4 Å². The molecule has 0 aliphatic rings. The maximum Gasteiger partial charge on any atom is 0.253 e. The first-order valence-electron chi connectivity index (χ1n) is 7.88. The lowest BCUT2D eigenvalue weighted by Gasteiger charge is -2.12. The number of hydrogen-bond acceptors (Lipinski definition) is 4. The molecule has 1 aromatic carbocycles. The number of anilines is 1. The number of pyridine rings is 1. The van der Waals surface area contributed by atoms with Crippen LogP contribution in [0.15, 0.2) is 48.8 Å². The van der Waals surface area contributed by atoms with Gasteiger partial charge in [0.25, 0.3) is 5.91 Å². The second kappa shape index (κ2) is 8.79. The van der Waals surface area contributed by atoms with Gasteiger partial charge in [-0.25, -0.2) is 0 Å². The molecule has 4 N–H and O–H groups in total. The number of para-hydroxylation sites is 1. The van der Waals surface area contributed by atoms with E-state index in [0.29, 0.717) is 30.6 Å². The Kier molecular flexibility index (Phi) is 6.45. The van der Waals surface area contributed by atoms with Gasteiger partial charge in [-0.1, -0.05) is 18.2 Å². The second-order valence-electron chi connectivity index (χ2n) is 5.65. The van der Waals surface area contributed by atoms with Gasteiger partial charge in [-0.2, -0.15) is 0 Å². The molecule has 1 aromatic heterocycles. The van der Waals surface area contributed by atoms with E-state index < -0.39 is 0 Å². The van der Waals surface area contributed by atoms with Crippen molar-refractivity contribution < 1.29 is 9.59 Å². The van der Waals surface area contributed by atoms with Crippen LogP contribution in [0, 0.1) is 0 Å². The molecule has 2 amide bonds. The third kappa shape index (κ3) is 5.48. The minimum Gasteiger partial charge on any atom is -0.348 e. The standard InChI is InChI=1S/C18H22N4O2/c1-13(19)8-9-17(23)22-16-7-3-2-6-15(16)18(24)21-12-14-5-4-10-20-11-14/h2-7,10-11,13H,8-9,12,19H2,1H3,(H,21,24)(H,22,23). The monoisotopic (exact) mass is 326 g/mol. The van der Waals surface area contributed by atoms with Gasteiger partial charge < -0.3 is 16.4 Å². The van der Waals surface area contributed by atoms with Gasteiger partial charge in [0, 0.05) is 31.4 Å². The number of nitrogens with two attached hydrogens (primary N) is 1. The average Bonchev–Trinajstić information content (AvgIpc) is 2.59. The Morgan fingerprint density at radius 3 is 2.71 bits per heavy atom. The lowest BCUT2D eigenvalue weighted by molar-refractivity contribution is -0.116. The zero-order chi connectivity index (χ0) is 17.4. The molecule has 0 radical (unpaired) electrons. The highest BCUT2D eigenvalue weighted by Crippen LogP contribution is 2.16. The number of nitrogens with one attached hydrogen (secondary N) is 2. The van der Waals surface area contributed by atoms with Crippen molar-refractivity contribution in [3.8, 4) is 0 Å².